The number of epoxide rings is 1. The zero-order valence-corrected chi connectivity index (χ0v) is 57.5. The molecule has 0 bridgehead atoms. The minimum atomic E-state index is -0.175. The zero-order valence-electron chi connectivity index (χ0n) is 51.0. The van der Waals surface area contributed by atoms with Crippen molar-refractivity contribution >= 4 is 129 Å². The molecule has 1 fully saturated rings. The van der Waals surface area contributed by atoms with E-state index >= 15 is 0 Å². The molecular weight excluding hydrogens is 1230 g/mol. The van der Waals surface area contributed by atoms with Gasteiger partial charge in [-0.15, -0.1) is 90.7 Å². The van der Waals surface area contributed by atoms with Crippen LogP contribution in [-0.4, -0.2) is 60.1 Å². The average Bonchev–Trinajstić information content (AvgIpc) is 1.58. The monoisotopic (exact) mass is 1310 g/mol. The van der Waals surface area contributed by atoms with Gasteiger partial charge in [0.1, 0.15) is 17.6 Å². The van der Waals surface area contributed by atoms with Crippen molar-refractivity contribution in [1.82, 2.24) is 9.80 Å². The predicted octanol–water partition coefficient (Wildman–Crippen LogP) is 24.1. The third kappa shape index (κ3) is 13.5. The fourth-order valence-corrected chi connectivity index (χ4v) is 21.6. The van der Waals surface area contributed by atoms with Gasteiger partial charge in [0.2, 0.25) is 0 Å². The Kier molecular flexibility index (Phi) is 21.4. The predicted molar refractivity (Wildman–Crippen MR) is 376 cm³/mol. The van der Waals surface area contributed by atoms with E-state index in [1.807, 2.05) is 16.3 Å². The number of ether oxygens (including phenoxy) is 3. The number of unbranched alkanes of at least 4 members (excludes halogenated alkanes) is 20. The van der Waals surface area contributed by atoms with E-state index in [0.29, 0.717) is 30.9 Å². The van der Waals surface area contributed by atoms with Gasteiger partial charge in [-0.1, -0.05) is 168 Å². The summed E-state index contributed by atoms with van der Waals surface area (Å²) in [7, 11) is 0. The SMILES string of the molecule is CCCCCCCCOc1c2cc(-c3ccc(-c4sc(-c5cccs5)c5c4C(=O)N(CCCCCCCC)C4OC54)s3)sc2c(OCCCCCCCC)c2cc(-c3ccc(-c4sc(-c5cccs5)c5c4C(=O)N(CCCCCCCC)C5=O)s3)sc12. The van der Waals surface area contributed by atoms with Crippen molar-refractivity contribution in [2.24, 2.45) is 0 Å². The molecule has 3 aliphatic heterocycles. The third-order valence-corrected chi connectivity index (χ3v) is 27.0. The van der Waals surface area contributed by atoms with Crippen molar-refractivity contribution < 1.29 is 28.6 Å². The molecule has 3 amide bonds. The normalized spacial score (nSPS) is 15.5. The summed E-state index contributed by atoms with van der Waals surface area (Å²) in [6.45, 7) is 11.4. The molecule has 2 unspecified atom stereocenters. The van der Waals surface area contributed by atoms with E-state index < -0.39 is 0 Å². The van der Waals surface area contributed by atoms with Gasteiger partial charge in [-0.05, 0) is 85.0 Å². The Bertz CT molecular complexity index is 3700. The van der Waals surface area contributed by atoms with Gasteiger partial charge in [-0.3, -0.25) is 19.3 Å². The minimum Gasteiger partial charge on any atom is -0.491 e. The lowest BCUT2D eigenvalue weighted by molar-refractivity contribution is 0.0645. The molecule has 0 N–H and O–H groups in total. The average molecular weight is 1320 g/mol. The van der Waals surface area contributed by atoms with Crippen molar-refractivity contribution in [2.75, 3.05) is 26.3 Å². The summed E-state index contributed by atoms with van der Waals surface area (Å²) < 4.78 is 22.9. The maximum absolute atomic E-state index is 14.9. The molecule has 9 aromatic rings. The van der Waals surface area contributed by atoms with Gasteiger partial charge in [-0.25, -0.2) is 0 Å². The van der Waals surface area contributed by atoms with Crippen LogP contribution in [0.25, 0.3) is 78.7 Å². The number of hydrogen-bond acceptors (Lipinski definition) is 14. The molecule has 8 nitrogen and oxygen atoms in total. The van der Waals surface area contributed by atoms with Gasteiger partial charge in [0, 0.05) is 68.4 Å². The molecular formula is C71H82N2O6S8. The largest absolute Gasteiger partial charge is 0.491 e. The van der Waals surface area contributed by atoms with Crippen LogP contribution < -0.4 is 9.47 Å². The number of benzene rings is 1. The van der Waals surface area contributed by atoms with Gasteiger partial charge in [0.15, 0.2) is 6.23 Å². The Morgan fingerprint density at radius 3 is 1.33 bits per heavy atom. The molecule has 0 saturated carbocycles. The minimum absolute atomic E-state index is 0.0856. The topological polar surface area (TPSA) is 88.7 Å². The van der Waals surface area contributed by atoms with Crippen LogP contribution in [0.3, 0.4) is 0 Å². The molecule has 16 heteroatoms. The summed E-state index contributed by atoms with van der Waals surface area (Å²) in [6.07, 6.45) is 27.5. The van der Waals surface area contributed by atoms with Crippen LogP contribution in [0.2, 0.25) is 0 Å². The molecule has 0 spiro atoms. The summed E-state index contributed by atoms with van der Waals surface area (Å²) >= 11 is 13.7. The van der Waals surface area contributed by atoms with Crippen molar-refractivity contribution in [1.29, 1.82) is 0 Å². The molecule has 460 valence electrons. The molecule has 0 radical (unpaired) electrons. The molecule has 2 atom stereocenters. The Hall–Kier alpha value is -4.49. The van der Waals surface area contributed by atoms with Crippen molar-refractivity contribution in [3.63, 3.8) is 0 Å². The van der Waals surface area contributed by atoms with Gasteiger partial charge in [0.05, 0.1) is 58.8 Å². The highest BCUT2D eigenvalue weighted by molar-refractivity contribution is 7.31. The lowest BCUT2D eigenvalue weighted by Crippen LogP contribution is -2.38. The first kappa shape index (κ1) is 62.7. The second-order valence-electron chi connectivity index (χ2n) is 23.7. The summed E-state index contributed by atoms with van der Waals surface area (Å²) in [5.74, 6) is 1.63. The second-order valence-corrected chi connectivity index (χ2v) is 31.9. The van der Waals surface area contributed by atoms with Gasteiger partial charge in [0.25, 0.3) is 17.7 Å². The fourth-order valence-electron chi connectivity index (χ4n) is 12.5. The number of carbonyl (C=O) groups excluding carboxylic acids is 3. The summed E-state index contributed by atoms with van der Waals surface area (Å²) in [4.78, 5) is 60.1. The highest BCUT2D eigenvalue weighted by Gasteiger charge is 2.55. The van der Waals surface area contributed by atoms with E-state index in [-0.39, 0.29) is 30.1 Å². The van der Waals surface area contributed by atoms with E-state index in [0.717, 1.165) is 156 Å². The Balaban J connectivity index is 0.901. The van der Waals surface area contributed by atoms with E-state index in [9.17, 15) is 14.4 Å². The van der Waals surface area contributed by atoms with Crippen LogP contribution in [0.1, 0.15) is 225 Å². The molecule has 0 aliphatic carbocycles. The van der Waals surface area contributed by atoms with E-state index in [4.69, 9.17) is 14.2 Å². The highest BCUT2D eigenvalue weighted by Crippen LogP contribution is 2.59. The number of thiophene rings is 8. The van der Waals surface area contributed by atoms with Crippen LogP contribution in [0.15, 0.2) is 71.4 Å². The van der Waals surface area contributed by atoms with Gasteiger partial charge < -0.3 is 19.1 Å². The van der Waals surface area contributed by atoms with E-state index in [1.54, 1.807) is 90.7 Å². The standard InChI is InChI=1S/C71H82N2O6S8/c1-5-9-13-17-21-25-37-72-68(74)57-58(69(72)75)67(87-65(57)50-32-30-42-81-50)52-36-34-48(83-52)54-44-46-60(78-40-28-24-20-16-12-8-4)62-45(59(63(46)85-54)77-39-27-23-19-15-11-7-3)43-53(84-62)47-33-35-51(82-47)66-56-55(64(86-66)49-31-29-41-80-49)61-71(79-61)73(70(56)76)38-26-22-18-14-10-6-2/h29-36,41-44,61,71H,5-28,37-40H2,1-4H3. The maximum Gasteiger partial charge on any atom is 0.263 e. The number of hydrogen-bond donors (Lipinski definition) is 0. The van der Waals surface area contributed by atoms with E-state index in [2.05, 4.69) is 87.7 Å². The van der Waals surface area contributed by atoms with Crippen LogP contribution in [0, 0.1) is 0 Å². The number of rotatable bonds is 36. The van der Waals surface area contributed by atoms with Crippen molar-refractivity contribution in [2.45, 2.75) is 194 Å². The summed E-state index contributed by atoms with van der Waals surface area (Å²) in [5.41, 5.74) is 3.05. The Morgan fingerprint density at radius 2 is 0.839 bits per heavy atom. The highest BCUT2D eigenvalue weighted by atomic mass is 32.1. The van der Waals surface area contributed by atoms with Crippen LogP contribution >= 0.6 is 90.7 Å². The molecule has 1 saturated heterocycles. The van der Waals surface area contributed by atoms with Gasteiger partial charge >= 0.3 is 0 Å². The molecule has 11 heterocycles. The lowest BCUT2D eigenvalue weighted by Gasteiger charge is -2.25. The van der Waals surface area contributed by atoms with Crippen LogP contribution in [0.5, 0.6) is 11.5 Å². The fraction of sp³-hybridized carbons (Fsp3) is 0.479. The van der Waals surface area contributed by atoms with Crippen LogP contribution in [0.4, 0.5) is 0 Å². The van der Waals surface area contributed by atoms with Crippen molar-refractivity contribution in [3.8, 4) is 70.0 Å². The molecule has 1 aromatic carbocycles. The van der Waals surface area contributed by atoms with Crippen molar-refractivity contribution in [3.05, 3.63) is 93.7 Å². The van der Waals surface area contributed by atoms with Gasteiger partial charge in [-0.2, -0.15) is 0 Å². The first-order chi connectivity index (χ1) is 42.8. The first-order valence-corrected chi connectivity index (χ1v) is 39.2. The Morgan fingerprint density at radius 1 is 0.414 bits per heavy atom. The smallest absolute Gasteiger partial charge is 0.263 e. The number of nitrogens with zero attached hydrogens (tertiary/aromatic N) is 2. The zero-order chi connectivity index (χ0) is 59.8. The quantitative estimate of drug-likeness (QED) is 0.0221. The lowest BCUT2D eigenvalue weighted by atomic mass is 9.97. The molecule has 8 aromatic heterocycles. The summed E-state index contributed by atoms with van der Waals surface area (Å²) in [5, 5.41) is 6.33. The Labute approximate surface area is 546 Å². The molecule has 3 aliphatic rings. The number of amides is 3. The molecule has 12 rings (SSSR count). The number of imide groups is 1. The number of fused-ring (bicyclic) bond motifs is 6. The first-order valence-electron chi connectivity index (χ1n) is 32.5. The number of carbonyl (C=O) groups is 3. The summed E-state index contributed by atoms with van der Waals surface area (Å²) in [6, 6.07) is 21.9. The molecule has 87 heavy (non-hydrogen) atoms. The van der Waals surface area contributed by atoms with Crippen LogP contribution in [-0.2, 0) is 4.74 Å². The van der Waals surface area contributed by atoms with E-state index in [1.165, 1.54) is 111 Å². The second kappa shape index (κ2) is 29.6. The maximum atomic E-state index is 14.9. The third-order valence-electron chi connectivity index (χ3n) is 17.3.